The van der Waals surface area contributed by atoms with Crippen LogP contribution < -0.4 is 0 Å². The standard InChI is InChI=1S/C9H7F3O3/c1-2-15-9(14)4-3-5(10)8(13)7(12)6(4)11/h3,13H,2H2,1H3. The van der Waals surface area contributed by atoms with Gasteiger partial charge in [-0.05, 0) is 13.0 Å². The molecule has 0 aliphatic carbocycles. The summed E-state index contributed by atoms with van der Waals surface area (Å²) in [6, 6.07) is 0.381. The van der Waals surface area contributed by atoms with Crippen molar-refractivity contribution in [2.45, 2.75) is 6.92 Å². The molecule has 3 nitrogen and oxygen atoms in total. The lowest BCUT2D eigenvalue weighted by atomic mass is 10.2. The van der Waals surface area contributed by atoms with Gasteiger partial charge >= 0.3 is 5.97 Å². The van der Waals surface area contributed by atoms with Crippen LogP contribution in [-0.2, 0) is 4.74 Å². The van der Waals surface area contributed by atoms with Gasteiger partial charge in [0.15, 0.2) is 17.4 Å². The molecule has 82 valence electrons. The van der Waals surface area contributed by atoms with E-state index < -0.39 is 34.7 Å². The first-order valence-electron chi connectivity index (χ1n) is 4.02. The summed E-state index contributed by atoms with van der Waals surface area (Å²) in [5.74, 6) is -7.50. The third kappa shape index (κ3) is 2.03. The third-order valence-corrected chi connectivity index (χ3v) is 1.63. The second-order valence-electron chi connectivity index (χ2n) is 2.60. The Bertz CT molecular complexity index is 404. The van der Waals surface area contributed by atoms with Crippen LogP contribution in [-0.4, -0.2) is 17.7 Å². The van der Waals surface area contributed by atoms with E-state index in [1.165, 1.54) is 6.92 Å². The highest BCUT2D eigenvalue weighted by atomic mass is 19.2. The van der Waals surface area contributed by atoms with Gasteiger partial charge in [0.2, 0.25) is 5.82 Å². The lowest BCUT2D eigenvalue weighted by Gasteiger charge is -2.05. The fourth-order valence-electron chi connectivity index (χ4n) is 0.943. The predicted octanol–water partition coefficient (Wildman–Crippen LogP) is 1.99. The molecular formula is C9H7F3O3. The van der Waals surface area contributed by atoms with Crippen molar-refractivity contribution in [2.24, 2.45) is 0 Å². The highest BCUT2D eigenvalue weighted by Gasteiger charge is 2.23. The number of aromatic hydroxyl groups is 1. The minimum atomic E-state index is -1.81. The van der Waals surface area contributed by atoms with Gasteiger partial charge in [-0.1, -0.05) is 0 Å². The Morgan fingerprint density at radius 2 is 2.00 bits per heavy atom. The van der Waals surface area contributed by atoms with Gasteiger partial charge in [-0.25, -0.2) is 13.6 Å². The second-order valence-corrected chi connectivity index (χ2v) is 2.60. The first-order valence-corrected chi connectivity index (χ1v) is 4.02. The first kappa shape index (κ1) is 11.4. The number of ether oxygens (including phenoxy) is 1. The number of hydrogen-bond donors (Lipinski definition) is 1. The molecular weight excluding hydrogens is 213 g/mol. The van der Waals surface area contributed by atoms with E-state index in [4.69, 9.17) is 5.11 Å². The summed E-state index contributed by atoms with van der Waals surface area (Å²) in [5, 5.41) is 8.68. The molecule has 0 spiro atoms. The van der Waals surface area contributed by atoms with Gasteiger partial charge in [0.1, 0.15) is 5.56 Å². The molecule has 1 N–H and O–H groups in total. The maximum absolute atomic E-state index is 13.0. The topological polar surface area (TPSA) is 46.5 Å². The van der Waals surface area contributed by atoms with Crippen LogP contribution in [0, 0.1) is 17.5 Å². The van der Waals surface area contributed by atoms with Crippen molar-refractivity contribution < 1.29 is 27.8 Å². The molecule has 1 aromatic rings. The zero-order valence-electron chi connectivity index (χ0n) is 7.68. The summed E-state index contributed by atoms with van der Waals surface area (Å²) < 4.78 is 42.9. The molecule has 0 bridgehead atoms. The van der Waals surface area contributed by atoms with Gasteiger partial charge in [0.05, 0.1) is 6.61 Å². The molecule has 0 amide bonds. The van der Waals surface area contributed by atoms with Gasteiger partial charge in [0.25, 0.3) is 0 Å². The normalized spacial score (nSPS) is 10.1. The molecule has 0 aliphatic rings. The van der Waals surface area contributed by atoms with Gasteiger partial charge in [-0.2, -0.15) is 4.39 Å². The fourth-order valence-corrected chi connectivity index (χ4v) is 0.943. The van der Waals surface area contributed by atoms with E-state index in [1.54, 1.807) is 0 Å². The molecule has 0 radical (unpaired) electrons. The molecule has 1 aromatic carbocycles. The van der Waals surface area contributed by atoms with Gasteiger partial charge in [-0.15, -0.1) is 0 Å². The number of phenols is 1. The number of benzene rings is 1. The summed E-state index contributed by atoms with van der Waals surface area (Å²) in [6.45, 7) is 1.41. The average molecular weight is 220 g/mol. The molecule has 0 unspecified atom stereocenters. The van der Waals surface area contributed by atoms with Crippen molar-refractivity contribution in [1.82, 2.24) is 0 Å². The average Bonchev–Trinajstić information content (AvgIpc) is 2.20. The minimum absolute atomic E-state index is 0.0532. The molecule has 0 aromatic heterocycles. The lowest BCUT2D eigenvalue weighted by Crippen LogP contribution is -2.09. The Kier molecular flexibility index (Phi) is 3.18. The third-order valence-electron chi connectivity index (χ3n) is 1.63. The van der Waals surface area contributed by atoms with Crippen LogP contribution in [0.25, 0.3) is 0 Å². The Hall–Kier alpha value is -1.72. The maximum atomic E-state index is 13.0. The van der Waals surface area contributed by atoms with E-state index in [1.807, 2.05) is 0 Å². The second kappa shape index (κ2) is 4.20. The highest BCUT2D eigenvalue weighted by Crippen LogP contribution is 2.25. The predicted molar refractivity (Wildman–Crippen MR) is 43.9 cm³/mol. The molecule has 0 atom stereocenters. The van der Waals surface area contributed by atoms with Gasteiger partial charge in [0, 0.05) is 0 Å². The first-order chi connectivity index (χ1) is 6.99. The molecule has 0 aliphatic heterocycles. The van der Waals surface area contributed by atoms with Crippen LogP contribution >= 0.6 is 0 Å². The Labute approximate surface area is 83.1 Å². The van der Waals surface area contributed by atoms with Crippen molar-refractivity contribution in [1.29, 1.82) is 0 Å². The molecule has 0 fully saturated rings. The van der Waals surface area contributed by atoms with E-state index in [0.29, 0.717) is 6.07 Å². The summed E-state index contributed by atoms with van der Waals surface area (Å²) >= 11 is 0. The van der Waals surface area contributed by atoms with Crippen molar-refractivity contribution >= 4 is 5.97 Å². The van der Waals surface area contributed by atoms with Crippen molar-refractivity contribution in [3.63, 3.8) is 0 Å². The van der Waals surface area contributed by atoms with Crippen LogP contribution in [0.2, 0.25) is 0 Å². The van der Waals surface area contributed by atoms with Gasteiger partial charge in [-0.3, -0.25) is 0 Å². The Morgan fingerprint density at radius 1 is 1.40 bits per heavy atom. The number of rotatable bonds is 2. The number of halogens is 3. The van der Waals surface area contributed by atoms with Crippen LogP contribution in [0.15, 0.2) is 6.07 Å². The number of hydrogen-bond acceptors (Lipinski definition) is 3. The van der Waals surface area contributed by atoms with E-state index >= 15 is 0 Å². The van der Waals surface area contributed by atoms with Crippen molar-refractivity contribution in [3.05, 3.63) is 29.1 Å². The zero-order chi connectivity index (χ0) is 11.6. The molecule has 0 heterocycles. The zero-order valence-corrected chi connectivity index (χ0v) is 7.68. The number of carbonyl (C=O) groups excluding carboxylic acids is 1. The van der Waals surface area contributed by atoms with E-state index in [0.717, 1.165) is 0 Å². The number of carbonyl (C=O) groups is 1. The molecule has 15 heavy (non-hydrogen) atoms. The minimum Gasteiger partial charge on any atom is -0.503 e. The van der Waals surface area contributed by atoms with Gasteiger partial charge < -0.3 is 9.84 Å². The smallest absolute Gasteiger partial charge is 0.341 e. The van der Waals surface area contributed by atoms with Crippen LogP contribution in [0.5, 0.6) is 5.75 Å². The molecule has 1 rings (SSSR count). The Balaban J connectivity index is 3.26. The quantitative estimate of drug-likeness (QED) is 0.612. The molecule has 0 saturated heterocycles. The summed E-state index contributed by atoms with van der Waals surface area (Å²) in [7, 11) is 0. The summed E-state index contributed by atoms with van der Waals surface area (Å²) in [4.78, 5) is 11.0. The molecule has 6 heteroatoms. The largest absolute Gasteiger partial charge is 0.503 e. The molecule has 0 saturated carbocycles. The van der Waals surface area contributed by atoms with Crippen LogP contribution in [0.1, 0.15) is 17.3 Å². The summed E-state index contributed by atoms with van der Waals surface area (Å²) in [5.41, 5.74) is -0.885. The van der Waals surface area contributed by atoms with Crippen LogP contribution in [0.3, 0.4) is 0 Å². The van der Waals surface area contributed by atoms with E-state index in [2.05, 4.69) is 4.74 Å². The van der Waals surface area contributed by atoms with Crippen molar-refractivity contribution in [3.8, 4) is 5.75 Å². The number of esters is 1. The Morgan fingerprint density at radius 3 is 2.53 bits per heavy atom. The van der Waals surface area contributed by atoms with Crippen LogP contribution in [0.4, 0.5) is 13.2 Å². The monoisotopic (exact) mass is 220 g/mol. The van der Waals surface area contributed by atoms with E-state index in [-0.39, 0.29) is 6.61 Å². The number of phenolic OH excluding ortho intramolecular Hbond substituents is 1. The summed E-state index contributed by atoms with van der Waals surface area (Å²) in [6.07, 6.45) is 0. The maximum Gasteiger partial charge on any atom is 0.341 e. The van der Waals surface area contributed by atoms with Crippen molar-refractivity contribution in [2.75, 3.05) is 6.61 Å². The highest BCUT2D eigenvalue weighted by molar-refractivity contribution is 5.90. The van der Waals surface area contributed by atoms with E-state index in [9.17, 15) is 18.0 Å². The fraction of sp³-hybridized carbons (Fsp3) is 0.222. The lowest BCUT2D eigenvalue weighted by molar-refractivity contribution is 0.0519. The SMILES string of the molecule is CCOC(=O)c1cc(F)c(O)c(F)c1F.